The van der Waals surface area contributed by atoms with E-state index in [2.05, 4.69) is 0 Å². The number of rotatable bonds is 5. The highest BCUT2D eigenvalue weighted by molar-refractivity contribution is 8.03. The van der Waals surface area contributed by atoms with Gasteiger partial charge in [0.2, 0.25) is 0 Å². The molecule has 8 heteroatoms. The number of allylic oxidation sites excluding steroid dienone is 3. The Bertz CT molecular complexity index is 992. The van der Waals surface area contributed by atoms with Crippen LogP contribution in [0.2, 0.25) is 0 Å². The number of hydrogen-bond donors (Lipinski definition) is 1. The molecule has 1 aliphatic carbocycles. The summed E-state index contributed by atoms with van der Waals surface area (Å²) < 4.78 is 31.7. The summed E-state index contributed by atoms with van der Waals surface area (Å²) in [6.45, 7) is 8.48. The average Bonchev–Trinajstić information content (AvgIpc) is 3.17. The number of carbonyl (C=O) groups is 1. The fourth-order valence-corrected chi connectivity index (χ4v) is 6.38. The van der Waals surface area contributed by atoms with Gasteiger partial charge < -0.3 is 14.7 Å². The topological polar surface area (TPSA) is 83.9 Å². The number of likely N-dealkylation sites (tertiary alicyclic amines) is 1. The lowest BCUT2D eigenvalue weighted by atomic mass is 9.97. The number of phenolic OH excluding ortho intramolecular Hbond substituents is 1. The summed E-state index contributed by atoms with van der Waals surface area (Å²) in [5, 5.41) is 9.99. The second-order valence-electron chi connectivity index (χ2n) is 8.87. The third-order valence-electron chi connectivity index (χ3n) is 5.35. The van der Waals surface area contributed by atoms with Crippen molar-refractivity contribution >= 4 is 27.7 Å². The van der Waals surface area contributed by atoms with Crippen molar-refractivity contribution in [3.63, 3.8) is 0 Å². The standard InChI is InChI=1S/C23H31NO5S2/c1-5-30-17-7-6-8-18(13-17)31(27,28)19-9-10-20(21(25)14-19)16-11-12-24(15-16)22(26)29-23(2,3)4/h6-10,14,16,18,25H,5,11-13,15H2,1-4H3. The summed E-state index contributed by atoms with van der Waals surface area (Å²) in [4.78, 5) is 15.1. The minimum Gasteiger partial charge on any atom is -0.508 e. The minimum absolute atomic E-state index is 0.0457. The van der Waals surface area contributed by atoms with Crippen molar-refractivity contribution in [2.24, 2.45) is 0 Å². The van der Waals surface area contributed by atoms with Crippen molar-refractivity contribution in [3.8, 4) is 5.75 Å². The third-order valence-corrected chi connectivity index (χ3v) is 8.34. The maximum atomic E-state index is 13.1. The predicted octanol–water partition coefficient (Wildman–Crippen LogP) is 4.86. The van der Waals surface area contributed by atoms with Gasteiger partial charge >= 0.3 is 6.09 Å². The normalized spacial score (nSPS) is 21.8. The monoisotopic (exact) mass is 465 g/mol. The Kier molecular flexibility index (Phi) is 7.11. The zero-order chi connectivity index (χ0) is 22.8. The van der Waals surface area contributed by atoms with Crippen molar-refractivity contribution in [2.45, 2.75) is 62.2 Å². The number of aromatic hydroxyl groups is 1. The molecule has 1 aromatic rings. The van der Waals surface area contributed by atoms with Gasteiger partial charge in [-0.2, -0.15) is 0 Å². The van der Waals surface area contributed by atoms with E-state index in [1.54, 1.807) is 40.9 Å². The first-order valence-electron chi connectivity index (χ1n) is 10.6. The van der Waals surface area contributed by atoms with Crippen LogP contribution >= 0.6 is 11.8 Å². The van der Waals surface area contributed by atoms with E-state index in [9.17, 15) is 18.3 Å². The Labute approximate surface area is 189 Å². The molecule has 1 fully saturated rings. The average molecular weight is 466 g/mol. The molecule has 0 spiro atoms. The summed E-state index contributed by atoms with van der Waals surface area (Å²) in [5.74, 6) is 0.786. The minimum atomic E-state index is -3.61. The van der Waals surface area contributed by atoms with E-state index < -0.39 is 20.7 Å². The van der Waals surface area contributed by atoms with Crippen LogP contribution in [0.25, 0.3) is 0 Å². The van der Waals surface area contributed by atoms with Gasteiger partial charge in [0.25, 0.3) is 0 Å². The summed E-state index contributed by atoms with van der Waals surface area (Å²) in [6.07, 6.45) is 6.22. The van der Waals surface area contributed by atoms with Crippen LogP contribution in [0.5, 0.6) is 5.75 Å². The molecular weight excluding hydrogens is 434 g/mol. The highest BCUT2D eigenvalue weighted by Gasteiger charge is 2.33. The van der Waals surface area contributed by atoms with Gasteiger partial charge in [0.05, 0.1) is 10.1 Å². The molecule has 1 aromatic carbocycles. The van der Waals surface area contributed by atoms with Crippen LogP contribution in [-0.4, -0.2) is 54.2 Å². The van der Waals surface area contributed by atoms with Crippen molar-refractivity contribution in [2.75, 3.05) is 18.8 Å². The molecule has 1 aliphatic heterocycles. The lowest BCUT2D eigenvalue weighted by molar-refractivity contribution is 0.0292. The molecule has 0 aromatic heterocycles. The summed E-state index contributed by atoms with van der Waals surface area (Å²) >= 11 is 1.65. The molecule has 2 aliphatic rings. The summed E-state index contributed by atoms with van der Waals surface area (Å²) in [6, 6.07) is 4.59. The zero-order valence-electron chi connectivity index (χ0n) is 18.5. The first-order chi connectivity index (χ1) is 14.5. The largest absolute Gasteiger partial charge is 0.508 e. The Balaban J connectivity index is 1.73. The molecule has 2 atom stereocenters. The molecule has 3 rings (SSSR count). The lowest BCUT2D eigenvalue weighted by Gasteiger charge is -2.24. The Morgan fingerprint density at radius 1 is 1.32 bits per heavy atom. The van der Waals surface area contributed by atoms with Crippen LogP contribution in [0.15, 0.2) is 46.2 Å². The van der Waals surface area contributed by atoms with Gasteiger partial charge in [0.1, 0.15) is 11.4 Å². The molecule has 170 valence electrons. The summed E-state index contributed by atoms with van der Waals surface area (Å²) in [5.41, 5.74) is 0.0947. The highest BCUT2D eigenvalue weighted by Crippen LogP contribution is 2.37. The van der Waals surface area contributed by atoms with Gasteiger partial charge in [0.15, 0.2) is 9.84 Å². The Morgan fingerprint density at radius 3 is 2.71 bits per heavy atom. The van der Waals surface area contributed by atoms with E-state index in [1.165, 1.54) is 6.07 Å². The first kappa shape index (κ1) is 23.7. The molecule has 31 heavy (non-hydrogen) atoms. The van der Waals surface area contributed by atoms with Crippen LogP contribution in [0.1, 0.15) is 52.0 Å². The van der Waals surface area contributed by atoms with Gasteiger partial charge in [-0.15, -0.1) is 11.8 Å². The van der Waals surface area contributed by atoms with Gasteiger partial charge in [-0.25, -0.2) is 13.2 Å². The number of carbonyl (C=O) groups excluding carboxylic acids is 1. The second-order valence-corrected chi connectivity index (χ2v) is 12.4. The van der Waals surface area contributed by atoms with Gasteiger partial charge in [0, 0.05) is 19.0 Å². The number of thioether (sulfide) groups is 1. The van der Waals surface area contributed by atoms with E-state index >= 15 is 0 Å². The van der Waals surface area contributed by atoms with Crippen molar-refractivity contribution in [1.29, 1.82) is 0 Å². The van der Waals surface area contributed by atoms with Gasteiger partial charge in [-0.3, -0.25) is 0 Å². The van der Waals surface area contributed by atoms with Gasteiger partial charge in [-0.05, 0) is 62.0 Å². The molecule has 2 unspecified atom stereocenters. The number of nitrogens with zero attached hydrogens (tertiary/aromatic N) is 1. The molecule has 0 bridgehead atoms. The van der Waals surface area contributed by atoms with Crippen LogP contribution in [0.4, 0.5) is 4.79 Å². The van der Waals surface area contributed by atoms with Gasteiger partial charge in [-0.1, -0.05) is 31.2 Å². The third kappa shape index (κ3) is 5.66. The number of amides is 1. The fraction of sp³-hybridized carbons (Fsp3) is 0.522. The van der Waals surface area contributed by atoms with E-state index in [-0.39, 0.29) is 22.7 Å². The summed E-state index contributed by atoms with van der Waals surface area (Å²) in [7, 11) is -3.61. The SMILES string of the molecule is CCSC1=CC=CC(S(=O)(=O)c2ccc(C3CCN(C(=O)OC(C)(C)C)C3)c(O)c2)C1. The molecular formula is C23H31NO5S2. The highest BCUT2D eigenvalue weighted by atomic mass is 32.2. The Hall–Kier alpha value is -1.93. The van der Waals surface area contributed by atoms with E-state index in [0.29, 0.717) is 31.5 Å². The van der Waals surface area contributed by atoms with Crippen LogP contribution in [0, 0.1) is 0 Å². The zero-order valence-corrected chi connectivity index (χ0v) is 20.1. The second kappa shape index (κ2) is 9.28. The molecule has 6 nitrogen and oxygen atoms in total. The Morgan fingerprint density at radius 2 is 2.06 bits per heavy atom. The maximum absolute atomic E-state index is 13.1. The van der Waals surface area contributed by atoms with E-state index in [1.807, 2.05) is 33.8 Å². The van der Waals surface area contributed by atoms with E-state index in [4.69, 9.17) is 4.74 Å². The fourth-order valence-electron chi connectivity index (χ4n) is 3.85. The number of ether oxygens (including phenoxy) is 1. The van der Waals surface area contributed by atoms with Crippen LogP contribution in [0.3, 0.4) is 0 Å². The molecule has 1 heterocycles. The van der Waals surface area contributed by atoms with Crippen LogP contribution in [-0.2, 0) is 14.6 Å². The van der Waals surface area contributed by atoms with Crippen molar-refractivity contribution < 1.29 is 23.1 Å². The first-order valence-corrected chi connectivity index (χ1v) is 13.1. The molecule has 1 N–H and O–H groups in total. The van der Waals surface area contributed by atoms with Crippen molar-refractivity contribution in [3.05, 3.63) is 46.9 Å². The molecule has 1 saturated heterocycles. The van der Waals surface area contributed by atoms with E-state index in [0.717, 1.165) is 10.7 Å². The molecule has 0 radical (unpaired) electrons. The number of benzene rings is 1. The van der Waals surface area contributed by atoms with Crippen molar-refractivity contribution in [1.82, 2.24) is 4.90 Å². The number of hydrogen-bond acceptors (Lipinski definition) is 6. The smallest absolute Gasteiger partial charge is 0.410 e. The number of sulfone groups is 1. The number of phenols is 1. The predicted molar refractivity (Wildman–Crippen MR) is 124 cm³/mol. The quantitative estimate of drug-likeness (QED) is 0.669. The molecule has 1 amide bonds. The lowest BCUT2D eigenvalue weighted by Crippen LogP contribution is -2.35. The van der Waals surface area contributed by atoms with Crippen LogP contribution < -0.4 is 0 Å². The molecule has 0 saturated carbocycles. The maximum Gasteiger partial charge on any atom is 0.410 e.